The van der Waals surface area contributed by atoms with Crippen LogP contribution in [0.15, 0.2) is 49.1 Å². The van der Waals surface area contributed by atoms with Crippen LogP contribution in [-0.4, -0.2) is 19.7 Å². The largest absolute Gasteiger partial charge is 0.275 e. The Morgan fingerprint density at radius 3 is 2.00 bits per heavy atom. The molecule has 0 spiro atoms. The molecule has 0 atom stereocenters. The Balaban J connectivity index is 0.000000173. The summed E-state index contributed by atoms with van der Waals surface area (Å²) in [6, 6.07) is 7.37. The molecule has 21 heavy (non-hydrogen) atoms. The van der Waals surface area contributed by atoms with E-state index in [9.17, 15) is 0 Å². The fourth-order valence-corrected chi connectivity index (χ4v) is 2.02. The summed E-state index contributed by atoms with van der Waals surface area (Å²) < 4.78 is 2.86. The van der Waals surface area contributed by atoms with Crippen molar-refractivity contribution in [1.82, 2.24) is 19.7 Å². The minimum atomic E-state index is 0.507. The second kappa shape index (κ2) is 7.72. The number of aromatic nitrogens is 4. The van der Waals surface area contributed by atoms with Crippen LogP contribution in [0.25, 0.3) is 11.1 Å². The Hall–Kier alpha value is -1.18. The lowest BCUT2D eigenvalue weighted by Crippen LogP contribution is -1.84. The summed E-state index contributed by atoms with van der Waals surface area (Å²) in [4.78, 5) is 7.83. The van der Waals surface area contributed by atoms with Gasteiger partial charge in [-0.05, 0) is 46.9 Å². The number of rotatable bonds is 1. The molecule has 7 heteroatoms. The van der Waals surface area contributed by atoms with Gasteiger partial charge in [0.15, 0.2) is 0 Å². The van der Waals surface area contributed by atoms with E-state index < -0.39 is 0 Å². The highest BCUT2D eigenvalue weighted by Gasteiger charge is 1.99. The normalized spacial score (nSPS) is 9.90. The van der Waals surface area contributed by atoms with Gasteiger partial charge in [-0.2, -0.15) is 5.10 Å². The highest BCUT2D eigenvalue weighted by molar-refractivity contribution is 14.1. The predicted octanol–water partition coefficient (Wildman–Crippen LogP) is 4.48. The first-order valence-corrected chi connectivity index (χ1v) is 7.75. The van der Waals surface area contributed by atoms with Crippen molar-refractivity contribution >= 4 is 45.8 Å². The Morgan fingerprint density at radius 1 is 0.905 bits per heavy atom. The molecule has 3 heterocycles. The van der Waals surface area contributed by atoms with E-state index in [-0.39, 0.29) is 0 Å². The highest BCUT2D eigenvalue weighted by Crippen LogP contribution is 2.18. The molecule has 0 unspecified atom stereocenters. The van der Waals surface area contributed by atoms with E-state index in [0.717, 1.165) is 14.7 Å². The number of halogens is 3. The van der Waals surface area contributed by atoms with Gasteiger partial charge in [-0.1, -0.05) is 23.2 Å². The maximum Gasteiger partial charge on any atom is 0.129 e. The number of pyridine rings is 2. The minimum Gasteiger partial charge on any atom is -0.275 e. The molecular formula is C14H11Cl2IN4. The van der Waals surface area contributed by atoms with Gasteiger partial charge in [0.2, 0.25) is 0 Å². The molecule has 0 aliphatic rings. The summed E-state index contributed by atoms with van der Waals surface area (Å²) in [5.41, 5.74) is 2.07. The van der Waals surface area contributed by atoms with Crippen LogP contribution in [0, 0.1) is 3.57 Å². The Labute approximate surface area is 146 Å². The van der Waals surface area contributed by atoms with E-state index >= 15 is 0 Å². The van der Waals surface area contributed by atoms with Gasteiger partial charge in [0, 0.05) is 40.3 Å². The molecule has 0 saturated heterocycles. The lowest BCUT2D eigenvalue weighted by atomic mass is 10.2. The van der Waals surface area contributed by atoms with Gasteiger partial charge in [-0.15, -0.1) is 0 Å². The molecule has 0 aromatic carbocycles. The Bertz CT molecular complexity index is 675. The van der Waals surface area contributed by atoms with Crippen LogP contribution in [0.3, 0.4) is 0 Å². The predicted molar refractivity (Wildman–Crippen MR) is 93.4 cm³/mol. The molecule has 3 aromatic heterocycles. The van der Waals surface area contributed by atoms with Gasteiger partial charge in [0.05, 0.1) is 6.20 Å². The first kappa shape index (κ1) is 16.2. The Kier molecular flexibility index (Phi) is 5.96. The summed E-state index contributed by atoms with van der Waals surface area (Å²) >= 11 is 13.3. The maximum absolute atomic E-state index is 5.67. The number of nitrogens with zero attached hydrogens (tertiary/aromatic N) is 4. The van der Waals surface area contributed by atoms with Crippen LogP contribution in [0.5, 0.6) is 0 Å². The van der Waals surface area contributed by atoms with E-state index in [0.29, 0.717) is 10.3 Å². The van der Waals surface area contributed by atoms with Crippen molar-refractivity contribution in [3.63, 3.8) is 0 Å². The van der Waals surface area contributed by atoms with Crippen molar-refractivity contribution in [3.05, 3.63) is 62.9 Å². The first-order chi connectivity index (χ1) is 10.0. The van der Waals surface area contributed by atoms with Gasteiger partial charge in [-0.3, -0.25) is 4.68 Å². The summed E-state index contributed by atoms with van der Waals surface area (Å²) in [6.45, 7) is 0. The summed E-state index contributed by atoms with van der Waals surface area (Å²) in [5, 5.41) is 5.13. The molecule has 0 saturated carbocycles. The molecule has 3 aromatic rings. The third-order valence-corrected chi connectivity index (χ3v) is 3.54. The molecule has 0 bridgehead atoms. The van der Waals surface area contributed by atoms with E-state index in [4.69, 9.17) is 23.2 Å². The van der Waals surface area contributed by atoms with Crippen LogP contribution < -0.4 is 0 Å². The average molecular weight is 433 g/mol. The van der Waals surface area contributed by atoms with E-state index in [2.05, 4.69) is 37.7 Å². The molecule has 0 fully saturated rings. The molecule has 0 aliphatic heterocycles. The van der Waals surface area contributed by atoms with Crippen molar-refractivity contribution in [2.24, 2.45) is 7.05 Å². The van der Waals surface area contributed by atoms with Crippen molar-refractivity contribution in [3.8, 4) is 11.1 Å². The molecule has 0 radical (unpaired) electrons. The van der Waals surface area contributed by atoms with Crippen LogP contribution in [-0.2, 0) is 7.05 Å². The maximum atomic E-state index is 5.67. The van der Waals surface area contributed by atoms with E-state index in [1.54, 1.807) is 35.4 Å². The minimum absolute atomic E-state index is 0.507. The fraction of sp³-hybridized carbons (Fsp3) is 0.0714. The summed E-state index contributed by atoms with van der Waals surface area (Å²) in [6.07, 6.45) is 7.19. The summed E-state index contributed by atoms with van der Waals surface area (Å²) in [7, 11) is 1.88. The van der Waals surface area contributed by atoms with E-state index in [1.807, 2.05) is 25.4 Å². The lowest BCUT2D eigenvalue weighted by molar-refractivity contribution is 0.768. The standard InChI is InChI=1S/C9H8ClN3.C5H3ClIN/c1-13-6-8(5-12-13)7-2-3-9(10)11-4-7;6-5-2-1-4(7)3-8-5/h2-6H,1H3;1-3H. The molecule has 108 valence electrons. The zero-order chi connectivity index (χ0) is 15.2. The first-order valence-electron chi connectivity index (χ1n) is 5.92. The number of aryl methyl sites for hydroxylation is 1. The molecule has 0 aliphatic carbocycles. The second-order valence-electron chi connectivity index (χ2n) is 4.07. The third-order valence-electron chi connectivity index (χ3n) is 2.46. The van der Waals surface area contributed by atoms with Crippen LogP contribution in [0.4, 0.5) is 0 Å². The van der Waals surface area contributed by atoms with Gasteiger partial charge in [-0.25, -0.2) is 9.97 Å². The zero-order valence-corrected chi connectivity index (χ0v) is 14.7. The van der Waals surface area contributed by atoms with Gasteiger partial charge < -0.3 is 0 Å². The second-order valence-corrected chi connectivity index (χ2v) is 6.09. The van der Waals surface area contributed by atoms with Crippen LogP contribution in [0.2, 0.25) is 10.3 Å². The smallest absolute Gasteiger partial charge is 0.129 e. The molecular weight excluding hydrogens is 422 g/mol. The van der Waals surface area contributed by atoms with Crippen LogP contribution >= 0.6 is 45.8 Å². The monoisotopic (exact) mass is 432 g/mol. The lowest BCUT2D eigenvalue weighted by Gasteiger charge is -1.94. The molecule has 4 nitrogen and oxygen atoms in total. The molecule has 0 N–H and O–H groups in total. The fourth-order valence-electron chi connectivity index (χ4n) is 1.47. The van der Waals surface area contributed by atoms with Crippen molar-refractivity contribution < 1.29 is 0 Å². The van der Waals surface area contributed by atoms with Gasteiger partial charge >= 0.3 is 0 Å². The number of hydrogen-bond donors (Lipinski definition) is 0. The van der Waals surface area contributed by atoms with Gasteiger partial charge in [0.1, 0.15) is 10.3 Å². The SMILES string of the molecule is Clc1ccc(I)cn1.Cn1cc(-c2ccc(Cl)nc2)cn1. The van der Waals surface area contributed by atoms with Crippen molar-refractivity contribution in [2.45, 2.75) is 0 Å². The molecule has 3 rings (SSSR count). The zero-order valence-electron chi connectivity index (χ0n) is 11.0. The molecule has 0 amide bonds. The van der Waals surface area contributed by atoms with Crippen molar-refractivity contribution in [2.75, 3.05) is 0 Å². The van der Waals surface area contributed by atoms with Crippen molar-refractivity contribution in [1.29, 1.82) is 0 Å². The number of hydrogen-bond acceptors (Lipinski definition) is 3. The van der Waals surface area contributed by atoms with Gasteiger partial charge in [0.25, 0.3) is 0 Å². The van der Waals surface area contributed by atoms with Crippen LogP contribution in [0.1, 0.15) is 0 Å². The average Bonchev–Trinajstić information content (AvgIpc) is 2.90. The third kappa shape index (κ3) is 5.26. The summed E-state index contributed by atoms with van der Waals surface area (Å²) in [5.74, 6) is 0. The topological polar surface area (TPSA) is 43.6 Å². The highest BCUT2D eigenvalue weighted by atomic mass is 127. The van der Waals surface area contributed by atoms with E-state index in [1.165, 1.54) is 0 Å². The quantitative estimate of drug-likeness (QED) is 0.420. The Morgan fingerprint density at radius 2 is 1.57 bits per heavy atom.